The summed E-state index contributed by atoms with van der Waals surface area (Å²) in [5, 5.41) is 0. The average molecular weight is 300 g/mol. The molecule has 0 aromatic rings. The predicted molar refractivity (Wildman–Crippen MR) is 79.5 cm³/mol. The molecule has 0 saturated carbocycles. The molecule has 0 rings (SSSR count). The minimum absolute atomic E-state index is 0.781. The van der Waals surface area contributed by atoms with Gasteiger partial charge in [0.1, 0.15) is 0 Å². The van der Waals surface area contributed by atoms with Gasteiger partial charge in [0, 0.05) is 17.3 Å². The van der Waals surface area contributed by atoms with Gasteiger partial charge in [0.2, 0.25) is 0 Å². The normalized spacial score (nSPS) is 13.8. The van der Waals surface area contributed by atoms with Crippen molar-refractivity contribution in [2.75, 3.05) is 17.3 Å². The summed E-state index contributed by atoms with van der Waals surface area (Å²) in [5.41, 5.74) is 0. The molecule has 0 radical (unpaired) electrons. The van der Waals surface area contributed by atoms with E-state index in [2.05, 4.69) is 20.8 Å². The van der Waals surface area contributed by atoms with Gasteiger partial charge in [-0.05, 0) is 19.3 Å². The lowest BCUT2D eigenvalue weighted by atomic mass is 10.4. The van der Waals surface area contributed by atoms with Gasteiger partial charge in [-0.25, -0.2) is 0 Å². The van der Waals surface area contributed by atoms with Crippen LogP contribution in [0.25, 0.3) is 0 Å². The maximum atomic E-state index is 11.1. The van der Waals surface area contributed by atoms with Gasteiger partial charge in [-0.1, -0.05) is 40.0 Å². The molecule has 0 amide bonds. The van der Waals surface area contributed by atoms with Gasteiger partial charge >= 0.3 is 10.4 Å². The maximum absolute atomic E-state index is 11.1. The molecule has 1 N–H and O–H groups in total. The first kappa shape index (κ1) is 18.2. The van der Waals surface area contributed by atoms with Crippen LogP contribution < -0.4 is 0 Å². The lowest BCUT2D eigenvalue weighted by molar-refractivity contribution is 0.400. The van der Waals surface area contributed by atoms with Gasteiger partial charge in [0.05, 0.1) is 0 Å². The third-order valence-electron chi connectivity index (χ3n) is 2.84. The monoisotopic (exact) mass is 300 g/mol. The number of rotatable bonds is 11. The Bertz CT molecular complexity index is 279. The average Bonchev–Trinajstić information content (AvgIpc) is 2.29. The van der Waals surface area contributed by atoms with Crippen LogP contribution in [0, 0.1) is 0 Å². The van der Waals surface area contributed by atoms with Crippen molar-refractivity contribution in [1.82, 2.24) is 0 Å². The first-order valence-corrected chi connectivity index (χ1v) is 10.3. The quantitative estimate of drug-likeness (QED) is 0.587. The van der Waals surface area contributed by atoms with Crippen LogP contribution in [0.15, 0.2) is 0 Å². The molecular weight excluding hydrogens is 272 g/mol. The zero-order chi connectivity index (χ0) is 14.1. The summed E-state index contributed by atoms with van der Waals surface area (Å²) in [7, 11) is -6.01. The summed E-state index contributed by atoms with van der Waals surface area (Å²) in [5.74, 6) is 2.34. The van der Waals surface area contributed by atoms with Crippen molar-refractivity contribution in [3.05, 3.63) is 0 Å². The summed E-state index contributed by atoms with van der Waals surface area (Å²) in [4.78, 5) is 0. The van der Waals surface area contributed by atoms with Crippen LogP contribution in [0.3, 0.4) is 0 Å². The van der Waals surface area contributed by atoms with Crippen molar-refractivity contribution in [3.8, 4) is 0 Å². The Hall–Kier alpha value is 0.220. The number of hydrogen-bond donors (Lipinski definition) is 1. The van der Waals surface area contributed by atoms with Crippen LogP contribution in [0.1, 0.15) is 59.3 Å². The highest BCUT2D eigenvalue weighted by atomic mass is 32.3. The molecule has 0 aliphatic rings. The fourth-order valence-corrected chi connectivity index (χ4v) is 7.15. The lowest BCUT2D eigenvalue weighted by Crippen LogP contribution is -2.20. The highest BCUT2D eigenvalue weighted by Gasteiger charge is 2.29. The topological polar surface area (TPSA) is 63.6 Å². The van der Waals surface area contributed by atoms with Gasteiger partial charge in [-0.15, -0.1) is 10.3 Å². The second-order valence-electron chi connectivity index (χ2n) is 4.63. The van der Waals surface area contributed by atoms with Gasteiger partial charge < -0.3 is 0 Å². The van der Waals surface area contributed by atoms with Crippen LogP contribution in [0.4, 0.5) is 0 Å². The third kappa shape index (κ3) is 8.34. The van der Waals surface area contributed by atoms with E-state index in [4.69, 9.17) is 8.18 Å². The summed E-state index contributed by atoms with van der Waals surface area (Å²) in [6.45, 7) is 6.24. The van der Waals surface area contributed by atoms with E-state index in [-0.39, 0.29) is 0 Å². The molecule has 18 heavy (non-hydrogen) atoms. The molecule has 0 aromatic carbocycles. The molecule has 0 atom stereocenters. The number of unbranched alkanes of at least 4 members (excludes halogenated alkanes) is 3. The minimum atomic E-state index is -4.34. The predicted octanol–water partition coefficient (Wildman–Crippen LogP) is 3.93. The van der Waals surface area contributed by atoms with Crippen molar-refractivity contribution in [2.24, 2.45) is 0 Å². The highest BCUT2D eigenvalue weighted by Crippen LogP contribution is 2.52. The van der Waals surface area contributed by atoms with Crippen LogP contribution >= 0.6 is 10.3 Å². The smallest absolute Gasteiger partial charge is 0.263 e. The van der Waals surface area contributed by atoms with E-state index < -0.39 is 20.7 Å². The van der Waals surface area contributed by atoms with Gasteiger partial charge in [0.15, 0.2) is 0 Å². The molecule has 6 heteroatoms. The summed E-state index contributed by atoms with van der Waals surface area (Å²) in [6, 6.07) is 0. The first-order chi connectivity index (χ1) is 8.39. The molecular formula is C12H28O4S2. The van der Waals surface area contributed by atoms with Crippen LogP contribution in [-0.2, 0) is 14.0 Å². The largest absolute Gasteiger partial charge is 0.406 e. The molecule has 0 bridgehead atoms. The SMILES string of the molecule is CCCCS(CCCC)(CCCC)OS(=O)(=O)O. The Balaban J connectivity index is 4.84. The molecule has 0 aromatic heterocycles. The van der Waals surface area contributed by atoms with E-state index in [0.29, 0.717) is 0 Å². The fraction of sp³-hybridized carbons (Fsp3) is 1.00. The van der Waals surface area contributed by atoms with Crippen molar-refractivity contribution in [3.63, 3.8) is 0 Å². The van der Waals surface area contributed by atoms with E-state index in [1.807, 2.05) is 0 Å². The maximum Gasteiger partial charge on any atom is 0.406 e. The lowest BCUT2D eigenvalue weighted by Gasteiger charge is -2.37. The third-order valence-corrected chi connectivity index (χ3v) is 7.78. The van der Waals surface area contributed by atoms with Crippen molar-refractivity contribution >= 4 is 20.7 Å². The molecule has 112 valence electrons. The van der Waals surface area contributed by atoms with Crippen molar-refractivity contribution < 1.29 is 16.6 Å². The molecule has 0 unspecified atom stereocenters. The molecule has 0 aliphatic carbocycles. The Morgan fingerprint density at radius 2 is 1.17 bits per heavy atom. The number of hydrogen-bond acceptors (Lipinski definition) is 3. The standard InChI is InChI=1S/C12H28O4S2/c1-4-7-10-17(11-8-5-2,12-9-6-3)16-18(13,14)15/h4-12H2,1-3H3,(H,13,14,15). The molecule has 0 aliphatic heterocycles. The van der Waals surface area contributed by atoms with E-state index in [0.717, 1.165) is 55.8 Å². The van der Waals surface area contributed by atoms with Gasteiger partial charge in [0.25, 0.3) is 0 Å². The van der Waals surface area contributed by atoms with Gasteiger partial charge in [-0.2, -0.15) is 12.0 Å². The summed E-state index contributed by atoms with van der Waals surface area (Å²) >= 11 is 0. The Morgan fingerprint density at radius 3 is 1.39 bits per heavy atom. The highest BCUT2D eigenvalue weighted by molar-refractivity contribution is 8.32. The Labute approximate surface area is 114 Å². The Kier molecular flexibility index (Phi) is 9.29. The second-order valence-corrected chi connectivity index (χ2v) is 9.19. The molecule has 0 saturated heterocycles. The zero-order valence-electron chi connectivity index (χ0n) is 11.9. The van der Waals surface area contributed by atoms with Crippen molar-refractivity contribution in [2.45, 2.75) is 59.3 Å². The van der Waals surface area contributed by atoms with Crippen LogP contribution in [0.5, 0.6) is 0 Å². The van der Waals surface area contributed by atoms with Gasteiger partial charge in [-0.3, -0.25) is 4.55 Å². The minimum Gasteiger partial charge on any atom is -0.263 e. The summed E-state index contributed by atoms with van der Waals surface area (Å²) < 4.78 is 36.3. The fourth-order valence-electron chi connectivity index (χ4n) is 1.81. The first-order valence-electron chi connectivity index (χ1n) is 6.84. The van der Waals surface area contributed by atoms with E-state index in [9.17, 15) is 8.42 Å². The van der Waals surface area contributed by atoms with Crippen molar-refractivity contribution in [1.29, 1.82) is 0 Å². The molecule has 0 heterocycles. The molecule has 0 fully saturated rings. The summed E-state index contributed by atoms with van der Waals surface area (Å²) in [6.07, 6.45) is 5.92. The zero-order valence-corrected chi connectivity index (χ0v) is 13.5. The van der Waals surface area contributed by atoms with E-state index in [1.54, 1.807) is 0 Å². The van der Waals surface area contributed by atoms with Crippen LogP contribution in [0.2, 0.25) is 0 Å². The van der Waals surface area contributed by atoms with E-state index in [1.165, 1.54) is 0 Å². The molecule has 4 nitrogen and oxygen atoms in total. The molecule has 0 spiro atoms. The Morgan fingerprint density at radius 1 is 0.833 bits per heavy atom. The van der Waals surface area contributed by atoms with E-state index >= 15 is 0 Å². The van der Waals surface area contributed by atoms with Crippen LogP contribution in [-0.4, -0.2) is 30.2 Å². The second kappa shape index (κ2) is 9.18.